The molecule has 0 aliphatic carbocycles. The minimum absolute atomic E-state index is 0.887. The first-order valence-corrected chi connectivity index (χ1v) is 8.16. The SMILES string of the molecule is CCCNCc1ccc(N2CCSCC2)c(Cl)c1. The average molecular weight is 285 g/mol. The predicted molar refractivity (Wildman–Crippen MR) is 83.0 cm³/mol. The van der Waals surface area contributed by atoms with E-state index < -0.39 is 0 Å². The van der Waals surface area contributed by atoms with E-state index in [9.17, 15) is 0 Å². The lowest BCUT2D eigenvalue weighted by molar-refractivity contribution is 0.675. The van der Waals surface area contributed by atoms with Crippen LogP contribution in [0.3, 0.4) is 0 Å². The summed E-state index contributed by atoms with van der Waals surface area (Å²) in [6.45, 7) is 6.36. The predicted octanol–water partition coefficient (Wildman–Crippen LogP) is 3.39. The fourth-order valence-electron chi connectivity index (χ4n) is 2.13. The van der Waals surface area contributed by atoms with Crippen LogP contribution in [-0.2, 0) is 6.54 Å². The average Bonchev–Trinajstić information content (AvgIpc) is 2.40. The molecule has 0 amide bonds. The summed E-state index contributed by atoms with van der Waals surface area (Å²) >= 11 is 8.42. The zero-order chi connectivity index (χ0) is 12.8. The van der Waals surface area contributed by atoms with Gasteiger partial charge in [-0.1, -0.05) is 24.6 Å². The van der Waals surface area contributed by atoms with Crippen LogP contribution < -0.4 is 10.2 Å². The molecule has 1 heterocycles. The van der Waals surface area contributed by atoms with E-state index in [1.54, 1.807) is 0 Å². The molecule has 1 aliphatic rings. The van der Waals surface area contributed by atoms with Gasteiger partial charge < -0.3 is 10.2 Å². The van der Waals surface area contributed by atoms with E-state index in [4.69, 9.17) is 11.6 Å². The normalized spacial score (nSPS) is 16.0. The molecule has 1 saturated heterocycles. The molecular formula is C14H21ClN2S. The van der Waals surface area contributed by atoms with E-state index in [1.165, 1.54) is 22.8 Å². The molecule has 2 nitrogen and oxygen atoms in total. The third kappa shape index (κ3) is 3.81. The number of anilines is 1. The molecule has 0 spiro atoms. The monoisotopic (exact) mass is 284 g/mol. The maximum absolute atomic E-state index is 6.40. The molecule has 1 aromatic carbocycles. The Morgan fingerprint density at radius 2 is 2.11 bits per heavy atom. The Labute approximate surface area is 119 Å². The van der Waals surface area contributed by atoms with Gasteiger partial charge in [0, 0.05) is 31.1 Å². The molecule has 1 fully saturated rings. The highest BCUT2D eigenvalue weighted by Gasteiger charge is 2.14. The van der Waals surface area contributed by atoms with E-state index in [0.29, 0.717) is 0 Å². The molecular weight excluding hydrogens is 264 g/mol. The van der Waals surface area contributed by atoms with E-state index in [0.717, 1.165) is 37.6 Å². The zero-order valence-electron chi connectivity index (χ0n) is 10.9. The lowest BCUT2D eigenvalue weighted by Gasteiger charge is -2.29. The Morgan fingerprint density at radius 1 is 1.33 bits per heavy atom. The summed E-state index contributed by atoms with van der Waals surface area (Å²) in [5.74, 6) is 2.41. The van der Waals surface area contributed by atoms with Crippen LogP contribution >= 0.6 is 23.4 Å². The molecule has 0 unspecified atom stereocenters. The number of rotatable bonds is 5. The molecule has 0 atom stereocenters. The standard InChI is InChI=1S/C14H21ClN2S/c1-2-5-16-11-12-3-4-14(13(15)10-12)17-6-8-18-9-7-17/h3-4,10,16H,2,5-9,11H2,1H3. The Balaban J connectivity index is 2.00. The fraction of sp³-hybridized carbons (Fsp3) is 0.571. The van der Waals surface area contributed by atoms with Crippen molar-refractivity contribution in [2.45, 2.75) is 19.9 Å². The molecule has 1 N–H and O–H groups in total. The third-order valence-corrected chi connectivity index (χ3v) is 4.36. The van der Waals surface area contributed by atoms with Crippen LogP contribution in [0, 0.1) is 0 Å². The van der Waals surface area contributed by atoms with Crippen LogP contribution in [0.25, 0.3) is 0 Å². The van der Waals surface area contributed by atoms with Gasteiger partial charge in [0.1, 0.15) is 0 Å². The van der Waals surface area contributed by atoms with Crippen LogP contribution in [0.1, 0.15) is 18.9 Å². The van der Waals surface area contributed by atoms with Crippen LogP contribution in [-0.4, -0.2) is 31.1 Å². The Morgan fingerprint density at radius 3 is 2.78 bits per heavy atom. The molecule has 0 radical (unpaired) electrons. The van der Waals surface area contributed by atoms with Crippen molar-refractivity contribution in [3.05, 3.63) is 28.8 Å². The summed E-state index contributed by atoms with van der Waals surface area (Å²) in [5.41, 5.74) is 2.46. The van der Waals surface area contributed by atoms with Crippen molar-refractivity contribution in [3.8, 4) is 0 Å². The molecule has 1 aliphatic heterocycles. The van der Waals surface area contributed by atoms with E-state index in [2.05, 4.69) is 35.3 Å². The summed E-state index contributed by atoms with van der Waals surface area (Å²) in [4.78, 5) is 2.39. The van der Waals surface area contributed by atoms with E-state index in [-0.39, 0.29) is 0 Å². The van der Waals surface area contributed by atoms with Crippen molar-refractivity contribution in [1.82, 2.24) is 5.32 Å². The zero-order valence-corrected chi connectivity index (χ0v) is 12.5. The van der Waals surface area contributed by atoms with Gasteiger partial charge in [-0.25, -0.2) is 0 Å². The summed E-state index contributed by atoms with van der Waals surface area (Å²) < 4.78 is 0. The molecule has 100 valence electrons. The molecule has 0 aromatic heterocycles. The first-order chi connectivity index (χ1) is 8.81. The summed E-state index contributed by atoms with van der Waals surface area (Å²) in [6, 6.07) is 6.45. The van der Waals surface area contributed by atoms with Crippen molar-refractivity contribution in [2.24, 2.45) is 0 Å². The largest absolute Gasteiger partial charge is 0.369 e. The van der Waals surface area contributed by atoms with E-state index in [1.807, 2.05) is 11.8 Å². The Bertz CT molecular complexity index is 378. The fourth-order valence-corrected chi connectivity index (χ4v) is 3.36. The van der Waals surface area contributed by atoms with Gasteiger partial charge in [-0.05, 0) is 30.7 Å². The lowest BCUT2D eigenvalue weighted by Crippen LogP contribution is -2.32. The van der Waals surface area contributed by atoms with Crippen LogP contribution in [0.2, 0.25) is 5.02 Å². The van der Waals surface area contributed by atoms with Crippen LogP contribution in [0.4, 0.5) is 5.69 Å². The first-order valence-electron chi connectivity index (χ1n) is 6.63. The van der Waals surface area contributed by atoms with E-state index >= 15 is 0 Å². The first kappa shape index (κ1) is 14.0. The highest BCUT2D eigenvalue weighted by Crippen LogP contribution is 2.28. The highest BCUT2D eigenvalue weighted by molar-refractivity contribution is 7.99. The van der Waals surface area contributed by atoms with Crippen LogP contribution in [0.5, 0.6) is 0 Å². The van der Waals surface area contributed by atoms with Crippen molar-refractivity contribution in [2.75, 3.05) is 36.0 Å². The third-order valence-electron chi connectivity index (χ3n) is 3.12. The molecule has 0 bridgehead atoms. The molecule has 4 heteroatoms. The minimum atomic E-state index is 0.887. The van der Waals surface area contributed by atoms with Gasteiger partial charge in [-0.2, -0.15) is 11.8 Å². The van der Waals surface area contributed by atoms with Crippen molar-refractivity contribution < 1.29 is 0 Å². The van der Waals surface area contributed by atoms with Gasteiger partial charge >= 0.3 is 0 Å². The van der Waals surface area contributed by atoms with Gasteiger partial charge in [-0.3, -0.25) is 0 Å². The van der Waals surface area contributed by atoms with Gasteiger partial charge in [-0.15, -0.1) is 0 Å². The number of nitrogens with zero attached hydrogens (tertiary/aromatic N) is 1. The number of hydrogen-bond acceptors (Lipinski definition) is 3. The summed E-state index contributed by atoms with van der Waals surface area (Å²) in [7, 11) is 0. The quantitative estimate of drug-likeness (QED) is 0.835. The summed E-state index contributed by atoms with van der Waals surface area (Å²) in [6.07, 6.45) is 1.16. The van der Waals surface area contributed by atoms with Gasteiger partial charge in [0.05, 0.1) is 10.7 Å². The lowest BCUT2D eigenvalue weighted by atomic mass is 10.2. The molecule has 2 rings (SSSR count). The molecule has 18 heavy (non-hydrogen) atoms. The number of benzene rings is 1. The van der Waals surface area contributed by atoms with Gasteiger partial charge in [0.15, 0.2) is 0 Å². The molecule has 0 saturated carbocycles. The Kier molecular flexibility index (Phi) is 5.67. The van der Waals surface area contributed by atoms with Crippen molar-refractivity contribution in [3.63, 3.8) is 0 Å². The number of nitrogens with one attached hydrogen (secondary N) is 1. The Hall–Kier alpha value is -0.380. The number of halogens is 1. The maximum atomic E-state index is 6.40. The highest BCUT2D eigenvalue weighted by atomic mass is 35.5. The second kappa shape index (κ2) is 7.27. The summed E-state index contributed by atoms with van der Waals surface area (Å²) in [5, 5.41) is 4.29. The molecule has 1 aromatic rings. The smallest absolute Gasteiger partial charge is 0.0642 e. The number of thioether (sulfide) groups is 1. The van der Waals surface area contributed by atoms with Crippen LogP contribution in [0.15, 0.2) is 18.2 Å². The second-order valence-electron chi connectivity index (χ2n) is 4.56. The van der Waals surface area contributed by atoms with Gasteiger partial charge in [0.2, 0.25) is 0 Å². The maximum Gasteiger partial charge on any atom is 0.0642 e. The van der Waals surface area contributed by atoms with Crippen molar-refractivity contribution in [1.29, 1.82) is 0 Å². The number of hydrogen-bond donors (Lipinski definition) is 1. The topological polar surface area (TPSA) is 15.3 Å². The second-order valence-corrected chi connectivity index (χ2v) is 6.19. The minimum Gasteiger partial charge on any atom is -0.369 e. The van der Waals surface area contributed by atoms with Crippen molar-refractivity contribution >= 4 is 29.1 Å². The van der Waals surface area contributed by atoms with Gasteiger partial charge in [0.25, 0.3) is 0 Å².